The lowest BCUT2D eigenvalue weighted by Crippen LogP contribution is -2.15. The Kier molecular flexibility index (Phi) is 8.80. The first-order chi connectivity index (χ1) is 31.4. The zero-order valence-electron chi connectivity index (χ0n) is 35.5. The van der Waals surface area contributed by atoms with Crippen molar-refractivity contribution in [2.45, 2.75) is 19.3 Å². The summed E-state index contributed by atoms with van der Waals surface area (Å²) in [5, 5.41) is 2.22. The Labute approximate surface area is 372 Å². The van der Waals surface area contributed by atoms with Gasteiger partial charge in [0, 0.05) is 32.9 Å². The van der Waals surface area contributed by atoms with Crippen molar-refractivity contribution in [2.75, 3.05) is 0 Å². The molecule has 0 aliphatic heterocycles. The third kappa shape index (κ3) is 6.42. The molecule has 2 aromatic heterocycles. The molecule has 0 spiro atoms. The van der Waals surface area contributed by atoms with Gasteiger partial charge in [-0.3, -0.25) is 0 Å². The molecule has 0 fully saturated rings. The van der Waals surface area contributed by atoms with Gasteiger partial charge in [-0.2, -0.15) is 0 Å². The largest absolute Gasteiger partial charge is 0.456 e. The van der Waals surface area contributed by atoms with E-state index in [9.17, 15) is 0 Å². The van der Waals surface area contributed by atoms with Crippen molar-refractivity contribution >= 4 is 21.9 Å². The Morgan fingerprint density at radius 3 is 1.52 bits per heavy atom. The molecule has 0 saturated carbocycles. The molecule has 0 atom stereocenters. The molecule has 0 amide bonds. The normalized spacial score (nSPS) is 12.7. The van der Waals surface area contributed by atoms with Crippen molar-refractivity contribution in [3.63, 3.8) is 0 Å². The fraction of sp³-hybridized carbons (Fsp3) is 0.0500. The molecule has 0 bridgehead atoms. The second-order valence-electron chi connectivity index (χ2n) is 17.2. The van der Waals surface area contributed by atoms with Gasteiger partial charge in [-0.25, -0.2) is 15.0 Å². The molecule has 4 heteroatoms. The monoisotopic (exact) mass is 819 g/mol. The maximum atomic E-state index is 6.52. The minimum Gasteiger partial charge on any atom is -0.456 e. The van der Waals surface area contributed by atoms with E-state index in [0.717, 1.165) is 66.4 Å². The summed E-state index contributed by atoms with van der Waals surface area (Å²) >= 11 is 0. The van der Waals surface area contributed by atoms with Gasteiger partial charge < -0.3 is 4.42 Å². The number of hydrogen-bond acceptors (Lipinski definition) is 4. The highest BCUT2D eigenvalue weighted by atomic mass is 16.3. The molecule has 9 aromatic carbocycles. The van der Waals surface area contributed by atoms with Gasteiger partial charge in [-0.1, -0.05) is 190 Å². The number of furan rings is 1. The molecule has 0 N–H and O–H groups in total. The molecule has 2 heterocycles. The summed E-state index contributed by atoms with van der Waals surface area (Å²) < 4.78 is 6.52. The van der Waals surface area contributed by atoms with Crippen molar-refractivity contribution in [1.82, 2.24) is 15.0 Å². The number of benzene rings is 9. The second-order valence-corrected chi connectivity index (χ2v) is 17.2. The third-order valence-electron chi connectivity index (χ3n) is 13.0. The molecule has 1 aliphatic rings. The summed E-state index contributed by atoms with van der Waals surface area (Å²) in [6.45, 7) is 4.61. The van der Waals surface area contributed by atoms with Crippen LogP contribution in [0.2, 0.25) is 0 Å². The van der Waals surface area contributed by atoms with E-state index >= 15 is 0 Å². The van der Waals surface area contributed by atoms with E-state index in [1.807, 2.05) is 6.07 Å². The van der Waals surface area contributed by atoms with E-state index in [1.165, 1.54) is 38.9 Å². The molecule has 1 aliphatic carbocycles. The molecule has 0 saturated heterocycles. The van der Waals surface area contributed by atoms with Crippen LogP contribution in [0, 0.1) is 0 Å². The average Bonchev–Trinajstić information content (AvgIpc) is 3.85. The van der Waals surface area contributed by atoms with E-state index in [-0.39, 0.29) is 5.41 Å². The van der Waals surface area contributed by atoms with Crippen molar-refractivity contribution in [3.05, 3.63) is 223 Å². The van der Waals surface area contributed by atoms with Gasteiger partial charge in [0.2, 0.25) is 0 Å². The average molecular weight is 820 g/mol. The van der Waals surface area contributed by atoms with Gasteiger partial charge >= 0.3 is 0 Å². The Morgan fingerprint density at radius 2 is 0.781 bits per heavy atom. The summed E-state index contributed by atoms with van der Waals surface area (Å²) in [6, 6.07) is 75.0. The maximum Gasteiger partial charge on any atom is 0.164 e. The number of fused-ring (bicyclic) bond motifs is 6. The predicted octanol–water partition coefficient (Wildman–Crippen LogP) is 15.7. The molecule has 4 nitrogen and oxygen atoms in total. The molecule has 0 radical (unpaired) electrons. The van der Waals surface area contributed by atoms with Crippen LogP contribution in [0.3, 0.4) is 0 Å². The zero-order valence-corrected chi connectivity index (χ0v) is 35.5. The fourth-order valence-electron chi connectivity index (χ4n) is 9.63. The van der Waals surface area contributed by atoms with Gasteiger partial charge in [0.1, 0.15) is 11.2 Å². The summed E-state index contributed by atoms with van der Waals surface area (Å²) in [7, 11) is 0. The van der Waals surface area contributed by atoms with Crippen molar-refractivity contribution in [3.8, 4) is 89.8 Å². The van der Waals surface area contributed by atoms with E-state index < -0.39 is 0 Å². The quantitative estimate of drug-likeness (QED) is 0.161. The van der Waals surface area contributed by atoms with Crippen LogP contribution in [-0.2, 0) is 5.41 Å². The number of hydrogen-bond donors (Lipinski definition) is 0. The molecule has 11 aromatic rings. The van der Waals surface area contributed by atoms with Crippen molar-refractivity contribution < 1.29 is 4.42 Å². The van der Waals surface area contributed by atoms with Gasteiger partial charge in [0.05, 0.1) is 0 Å². The topological polar surface area (TPSA) is 51.8 Å². The van der Waals surface area contributed by atoms with Crippen LogP contribution in [-0.4, -0.2) is 15.0 Å². The molecule has 12 rings (SSSR count). The third-order valence-corrected chi connectivity index (χ3v) is 13.0. The first-order valence-corrected chi connectivity index (χ1v) is 21.8. The first kappa shape index (κ1) is 37.5. The molecular weight excluding hydrogens is 779 g/mol. The van der Waals surface area contributed by atoms with Crippen LogP contribution < -0.4 is 0 Å². The fourth-order valence-corrected chi connectivity index (χ4v) is 9.63. The summed E-state index contributed by atoms with van der Waals surface area (Å²) in [5.41, 5.74) is 18.6. The molecule has 0 unspecified atom stereocenters. The predicted molar refractivity (Wildman–Crippen MR) is 263 cm³/mol. The number of rotatable bonds is 7. The molecule has 64 heavy (non-hydrogen) atoms. The molecule has 302 valence electrons. The van der Waals surface area contributed by atoms with E-state index in [0.29, 0.717) is 17.5 Å². The van der Waals surface area contributed by atoms with Gasteiger partial charge in [-0.15, -0.1) is 0 Å². The van der Waals surface area contributed by atoms with Crippen LogP contribution in [0.5, 0.6) is 0 Å². The standard InChI is InChI=1S/C60H41N3O/c1-60(2)52-24-10-9-22-49(52)50-32-31-47(36-53(50)60)59-62-57(41-28-26-39(27-29-41)43-19-11-18-42(34-43)38-14-5-3-6-15-38)61-58(63-59)46-21-12-20-44(35-46)45-30-33-51-55(37-45)64-54-25-13-23-48(56(51)54)40-16-7-4-8-17-40/h3-37H,1-2H3. The SMILES string of the molecule is CC1(C)c2ccccc2-c2ccc(-c3nc(-c4ccc(-c5cccc(-c6ccccc6)c5)cc4)nc(-c4cccc(-c5ccc6c(c5)oc5cccc(-c7ccccc7)c56)c4)n3)cc21. The Morgan fingerprint density at radius 1 is 0.312 bits per heavy atom. The first-order valence-electron chi connectivity index (χ1n) is 21.8. The van der Waals surface area contributed by atoms with Crippen LogP contribution >= 0.6 is 0 Å². The lowest BCUT2D eigenvalue weighted by atomic mass is 9.82. The zero-order chi connectivity index (χ0) is 42.8. The summed E-state index contributed by atoms with van der Waals surface area (Å²) in [6.07, 6.45) is 0. The lowest BCUT2D eigenvalue weighted by Gasteiger charge is -2.21. The van der Waals surface area contributed by atoms with Crippen LogP contribution in [0.4, 0.5) is 0 Å². The van der Waals surface area contributed by atoms with Crippen molar-refractivity contribution in [1.29, 1.82) is 0 Å². The number of nitrogens with zero attached hydrogens (tertiary/aromatic N) is 3. The lowest BCUT2D eigenvalue weighted by molar-refractivity contribution is 0.660. The van der Waals surface area contributed by atoms with Crippen molar-refractivity contribution in [2.24, 2.45) is 0 Å². The van der Waals surface area contributed by atoms with E-state index in [2.05, 4.69) is 220 Å². The van der Waals surface area contributed by atoms with E-state index in [1.54, 1.807) is 0 Å². The Balaban J connectivity index is 0.951. The second kappa shape index (κ2) is 15.0. The highest BCUT2D eigenvalue weighted by molar-refractivity contribution is 6.13. The Bertz CT molecular complexity index is 3570. The minimum atomic E-state index is -0.160. The highest BCUT2D eigenvalue weighted by Gasteiger charge is 2.35. The van der Waals surface area contributed by atoms with Gasteiger partial charge in [-0.05, 0) is 103 Å². The number of aromatic nitrogens is 3. The summed E-state index contributed by atoms with van der Waals surface area (Å²) in [4.78, 5) is 15.6. The smallest absolute Gasteiger partial charge is 0.164 e. The molecular formula is C60H41N3O. The van der Waals surface area contributed by atoms with Crippen LogP contribution in [0.15, 0.2) is 217 Å². The highest BCUT2D eigenvalue weighted by Crippen LogP contribution is 2.49. The van der Waals surface area contributed by atoms with Gasteiger partial charge in [0.15, 0.2) is 17.5 Å². The van der Waals surface area contributed by atoms with Crippen LogP contribution in [0.25, 0.3) is 112 Å². The maximum absolute atomic E-state index is 6.52. The van der Waals surface area contributed by atoms with Crippen LogP contribution in [0.1, 0.15) is 25.0 Å². The van der Waals surface area contributed by atoms with E-state index in [4.69, 9.17) is 19.4 Å². The Hall–Kier alpha value is -8.21. The minimum absolute atomic E-state index is 0.160. The van der Waals surface area contributed by atoms with Gasteiger partial charge in [0.25, 0.3) is 0 Å². The summed E-state index contributed by atoms with van der Waals surface area (Å²) in [5.74, 6) is 1.87.